The molecule has 6 nitrogen and oxygen atoms in total. The number of carbonyl (C=O) groups is 2. The largest absolute Gasteiger partial charge is 0.479 e. The van der Waals surface area contributed by atoms with Crippen molar-refractivity contribution in [2.45, 2.75) is 38.7 Å². The molecule has 0 aromatic heterocycles. The third-order valence-electron chi connectivity index (χ3n) is 5.66. The average molecular weight is 366 g/mol. The lowest BCUT2D eigenvalue weighted by Crippen LogP contribution is -2.44. The van der Waals surface area contributed by atoms with Gasteiger partial charge in [0.15, 0.2) is 6.10 Å². The Labute approximate surface area is 153 Å². The normalized spacial score (nSPS) is 30.2. The van der Waals surface area contributed by atoms with Gasteiger partial charge in [0.25, 0.3) is 5.91 Å². The fourth-order valence-electron chi connectivity index (χ4n) is 4.23. The molecule has 0 radical (unpaired) electrons. The van der Waals surface area contributed by atoms with Crippen molar-refractivity contribution in [1.82, 2.24) is 5.32 Å². The van der Waals surface area contributed by atoms with E-state index < -0.39 is 6.10 Å². The van der Waals surface area contributed by atoms with Crippen LogP contribution in [-0.4, -0.2) is 31.0 Å². The zero-order valence-electron chi connectivity index (χ0n) is 14.3. The van der Waals surface area contributed by atoms with Gasteiger partial charge in [0.1, 0.15) is 5.75 Å². The van der Waals surface area contributed by atoms with E-state index in [2.05, 4.69) is 16.0 Å². The minimum Gasteiger partial charge on any atom is -0.479 e. The van der Waals surface area contributed by atoms with Crippen LogP contribution in [0.1, 0.15) is 32.6 Å². The number of hydrogen-bond donors (Lipinski definition) is 3. The number of benzene rings is 1. The van der Waals surface area contributed by atoms with E-state index in [0.717, 1.165) is 32.4 Å². The number of carbonyl (C=O) groups excluding carboxylic acids is 2. The summed E-state index contributed by atoms with van der Waals surface area (Å²) in [5.41, 5.74) is 1.02. The highest BCUT2D eigenvalue weighted by Gasteiger charge is 2.49. The van der Waals surface area contributed by atoms with Crippen LogP contribution >= 0.6 is 12.4 Å². The van der Waals surface area contributed by atoms with E-state index in [0.29, 0.717) is 23.0 Å². The molecule has 0 bridgehead atoms. The van der Waals surface area contributed by atoms with Gasteiger partial charge in [-0.15, -0.1) is 12.4 Å². The Kier molecular flexibility index (Phi) is 4.93. The maximum Gasteiger partial charge on any atom is 0.265 e. The first-order chi connectivity index (χ1) is 11.6. The Morgan fingerprint density at radius 3 is 3.04 bits per heavy atom. The van der Waals surface area contributed by atoms with Crippen LogP contribution in [0.2, 0.25) is 0 Å². The third-order valence-corrected chi connectivity index (χ3v) is 5.66. The number of amides is 2. The van der Waals surface area contributed by atoms with E-state index in [1.54, 1.807) is 19.1 Å². The van der Waals surface area contributed by atoms with E-state index in [1.165, 1.54) is 6.42 Å². The van der Waals surface area contributed by atoms with Gasteiger partial charge >= 0.3 is 0 Å². The highest BCUT2D eigenvalue weighted by Crippen LogP contribution is 2.44. The fraction of sp³-hybridized carbons (Fsp3) is 0.556. The predicted molar refractivity (Wildman–Crippen MR) is 98.3 cm³/mol. The first-order valence-electron chi connectivity index (χ1n) is 8.72. The Morgan fingerprint density at radius 1 is 1.36 bits per heavy atom. The van der Waals surface area contributed by atoms with Gasteiger partial charge in [-0.3, -0.25) is 9.59 Å². The molecule has 136 valence electrons. The minimum atomic E-state index is -0.496. The van der Waals surface area contributed by atoms with Crippen molar-refractivity contribution in [2.75, 3.05) is 23.7 Å². The summed E-state index contributed by atoms with van der Waals surface area (Å²) >= 11 is 0. The van der Waals surface area contributed by atoms with Crippen LogP contribution < -0.4 is 20.7 Å². The Balaban J connectivity index is 0.00000182. The van der Waals surface area contributed by atoms with Crippen molar-refractivity contribution in [3.8, 4) is 5.75 Å². The maximum atomic E-state index is 13.0. The second kappa shape index (κ2) is 6.84. The topological polar surface area (TPSA) is 79.5 Å². The number of rotatable bonds is 2. The van der Waals surface area contributed by atoms with E-state index >= 15 is 0 Å². The molecule has 2 fully saturated rings. The van der Waals surface area contributed by atoms with Crippen LogP contribution in [0.5, 0.6) is 5.75 Å². The van der Waals surface area contributed by atoms with Crippen molar-refractivity contribution in [3.05, 3.63) is 18.2 Å². The van der Waals surface area contributed by atoms with Crippen molar-refractivity contribution < 1.29 is 14.3 Å². The van der Waals surface area contributed by atoms with Crippen molar-refractivity contribution in [1.29, 1.82) is 0 Å². The van der Waals surface area contributed by atoms with Crippen molar-refractivity contribution >= 4 is 35.6 Å². The van der Waals surface area contributed by atoms with Gasteiger partial charge in [-0.2, -0.15) is 0 Å². The first kappa shape index (κ1) is 18.0. The second-order valence-corrected chi connectivity index (χ2v) is 7.14. The van der Waals surface area contributed by atoms with Crippen LogP contribution in [0.15, 0.2) is 18.2 Å². The quantitative estimate of drug-likeness (QED) is 0.752. The standard InChI is InChI=1S/C18H23N3O3.ClH/c1-11-16(22)21-14-8-13(5-6-15(14)24-11)20-17(23)18-7-3-2-4-12(18)9-19-10-18;/h5-6,8,11-12,19H,2-4,7,9-10H2,1H3,(H,20,23)(H,21,22);1H/t11?,12-,18+;/m0./s1. The minimum absolute atomic E-state index is 0. The van der Waals surface area contributed by atoms with E-state index in [4.69, 9.17) is 4.74 Å². The van der Waals surface area contributed by atoms with Crippen molar-refractivity contribution in [2.24, 2.45) is 11.3 Å². The van der Waals surface area contributed by atoms with Crippen LogP contribution in [0, 0.1) is 11.3 Å². The molecule has 1 saturated carbocycles. The highest BCUT2D eigenvalue weighted by molar-refractivity contribution is 6.00. The van der Waals surface area contributed by atoms with Gasteiger partial charge < -0.3 is 20.7 Å². The monoisotopic (exact) mass is 365 g/mol. The number of nitrogens with one attached hydrogen (secondary N) is 3. The molecule has 3 aliphatic rings. The summed E-state index contributed by atoms with van der Waals surface area (Å²) in [6.45, 7) is 3.40. The van der Waals surface area contributed by atoms with E-state index in [9.17, 15) is 9.59 Å². The van der Waals surface area contributed by atoms with Gasteiger partial charge in [0.05, 0.1) is 11.1 Å². The molecule has 3 atom stereocenters. The fourth-order valence-corrected chi connectivity index (χ4v) is 4.23. The molecule has 2 heterocycles. The van der Waals surface area contributed by atoms with E-state index in [1.807, 2.05) is 6.07 Å². The molecule has 25 heavy (non-hydrogen) atoms. The summed E-state index contributed by atoms with van der Waals surface area (Å²) in [6, 6.07) is 5.40. The molecule has 1 aromatic carbocycles. The zero-order chi connectivity index (χ0) is 16.7. The highest BCUT2D eigenvalue weighted by atomic mass is 35.5. The lowest BCUT2D eigenvalue weighted by atomic mass is 9.67. The zero-order valence-corrected chi connectivity index (χ0v) is 15.1. The van der Waals surface area contributed by atoms with Gasteiger partial charge in [-0.1, -0.05) is 12.8 Å². The number of hydrogen-bond acceptors (Lipinski definition) is 4. The molecule has 1 aromatic rings. The second-order valence-electron chi connectivity index (χ2n) is 7.14. The summed E-state index contributed by atoms with van der Waals surface area (Å²) < 4.78 is 5.55. The Morgan fingerprint density at radius 2 is 2.20 bits per heavy atom. The Hall–Kier alpha value is -1.79. The van der Waals surface area contributed by atoms with Crippen LogP contribution in [0.25, 0.3) is 0 Å². The predicted octanol–water partition coefficient (Wildman–Crippen LogP) is 2.55. The van der Waals surface area contributed by atoms with Crippen molar-refractivity contribution in [3.63, 3.8) is 0 Å². The SMILES string of the molecule is CC1Oc2ccc(NC(=O)[C@@]34CCCC[C@H]3CNC4)cc2NC1=O.Cl. The van der Waals surface area contributed by atoms with E-state index in [-0.39, 0.29) is 29.6 Å². The van der Waals surface area contributed by atoms with Gasteiger partial charge in [0.2, 0.25) is 5.91 Å². The lowest BCUT2D eigenvalue weighted by molar-refractivity contribution is -0.128. The van der Waals surface area contributed by atoms with Gasteiger partial charge in [-0.25, -0.2) is 0 Å². The molecule has 1 saturated heterocycles. The summed E-state index contributed by atoms with van der Waals surface area (Å²) in [7, 11) is 0. The number of ether oxygens (including phenoxy) is 1. The van der Waals surface area contributed by atoms with Crippen LogP contribution in [-0.2, 0) is 9.59 Å². The van der Waals surface area contributed by atoms with Gasteiger partial charge in [-0.05, 0) is 50.4 Å². The first-order valence-corrected chi connectivity index (χ1v) is 8.72. The lowest BCUT2D eigenvalue weighted by Gasteiger charge is -2.37. The molecule has 3 N–H and O–H groups in total. The number of anilines is 2. The molecule has 2 aliphatic heterocycles. The summed E-state index contributed by atoms with van der Waals surface area (Å²) in [5.74, 6) is 0.981. The third kappa shape index (κ3) is 3.09. The van der Waals surface area contributed by atoms with Crippen LogP contribution in [0.4, 0.5) is 11.4 Å². The molecule has 0 spiro atoms. The maximum absolute atomic E-state index is 13.0. The molecular weight excluding hydrogens is 342 g/mol. The molecule has 4 rings (SSSR count). The molecule has 7 heteroatoms. The number of halogens is 1. The Bertz CT molecular complexity index is 696. The molecule has 2 amide bonds. The summed E-state index contributed by atoms with van der Waals surface area (Å²) in [6.07, 6.45) is 3.88. The average Bonchev–Trinajstić information content (AvgIpc) is 3.01. The molecular formula is C18H24ClN3O3. The molecule has 1 unspecified atom stereocenters. The molecule has 1 aliphatic carbocycles. The summed E-state index contributed by atoms with van der Waals surface area (Å²) in [5, 5.41) is 9.28. The van der Waals surface area contributed by atoms with Gasteiger partial charge in [0, 0.05) is 12.2 Å². The van der Waals surface area contributed by atoms with Crippen LogP contribution in [0.3, 0.4) is 0 Å². The smallest absolute Gasteiger partial charge is 0.265 e. The number of fused-ring (bicyclic) bond motifs is 2. The summed E-state index contributed by atoms with van der Waals surface area (Å²) in [4.78, 5) is 24.7.